The fourth-order valence-corrected chi connectivity index (χ4v) is 1.03. The summed E-state index contributed by atoms with van der Waals surface area (Å²) in [6.07, 6.45) is 0. The average Bonchev–Trinajstić information content (AvgIpc) is 2.32. The van der Waals surface area contributed by atoms with Crippen molar-refractivity contribution in [2.75, 3.05) is 19.8 Å². The van der Waals surface area contributed by atoms with Crippen LogP contribution >= 0.6 is 0 Å². The third-order valence-electron chi connectivity index (χ3n) is 1.75. The summed E-state index contributed by atoms with van der Waals surface area (Å²) >= 11 is 0. The largest absolute Gasteiger partial charge is 0.480 e. The van der Waals surface area contributed by atoms with Gasteiger partial charge in [0.25, 0.3) is 0 Å². The maximum atomic E-state index is 10.1. The van der Waals surface area contributed by atoms with Crippen LogP contribution in [0.25, 0.3) is 0 Å². The molecule has 0 fully saturated rings. The van der Waals surface area contributed by atoms with E-state index in [1.165, 1.54) is 0 Å². The van der Waals surface area contributed by atoms with E-state index in [2.05, 4.69) is 0 Å². The Balaban J connectivity index is 0.000000437. The van der Waals surface area contributed by atoms with E-state index in [1.807, 2.05) is 44.2 Å². The van der Waals surface area contributed by atoms with Gasteiger partial charge >= 0.3 is 5.97 Å². The first-order valence-electron chi connectivity index (χ1n) is 5.61. The molecular weight excluding hydrogens is 220 g/mol. The number of ether oxygens (including phenoxy) is 2. The van der Waals surface area contributed by atoms with E-state index >= 15 is 0 Å². The maximum absolute atomic E-state index is 10.1. The summed E-state index contributed by atoms with van der Waals surface area (Å²) in [4.78, 5) is 10.1. The summed E-state index contributed by atoms with van der Waals surface area (Å²) in [5.74, 6) is -0.939. The second-order valence-electron chi connectivity index (χ2n) is 3.15. The summed E-state index contributed by atoms with van der Waals surface area (Å²) in [5, 5.41) is 8.27. The highest BCUT2D eigenvalue weighted by Crippen LogP contribution is 1.99. The predicted octanol–water partition coefficient (Wildman–Crippen LogP) is 2.33. The van der Waals surface area contributed by atoms with Gasteiger partial charge in [-0.25, -0.2) is 4.79 Å². The van der Waals surface area contributed by atoms with Crippen LogP contribution in [0.5, 0.6) is 0 Å². The number of hydrogen-bond acceptors (Lipinski definition) is 3. The number of carboxylic acids is 1. The third kappa shape index (κ3) is 10.9. The van der Waals surface area contributed by atoms with Gasteiger partial charge in [0.15, 0.2) is 0 Å². The molecule has 0 aliphatic carbocycles. The number of carboxylic acid groups (broad SMARTS) is 1. The molecule has 17 heavy (non-hydrogen) atoms. The van der Waals surface area contributed by atoms with Crippen molar-refractivity contribution in [2.45, 2.75) is 20.5 Å². The number of rotatable bonds is 6. The molecule has 0 aromatic heterocycles. The fraction of sp³-hybridized carbons (Fsp3) is 0.462. The van der Waals surface area contributed by atoms with Crippen LogP contribution < -0.4 is 0 Å². The van der Waals surface area contributed by atoms with Crippen molar-refractivity contribution in [3.8, 4) is 0 Å². The molecule has 0 heterocycles. The van der Waals surface area contributed by atoms with Gasteiger partial charge in [-0.1, -0.05) is 30.3 Å². The molecule has 0 spiro atoms. The minimum atomic E-state index is -0.939. The van der Waals surface area contributed by atoms with Crippen LogP contribution in [-0.4, -0.2) is 30.9 Å². The van der Waals surface area contributed by atoms with Gasteiger partial charge in [-0.15, -0.1) is 0 Å². The Morgan fingerprint density at radius 2 is 1.71 bits per heavy atom. The molecule has 1 N–H and O–H groups in total. The summed E-state index contributed by atoms with van der Waals surface area (Å²) in [5.41, 5.74) is 0.985. The van der Waals surface area contributed by atoms with E-state index in [0.29, 0.717) is 6.61 Å². The molecule has 96 valence electrons. The van der Waals surface area contributed by atoms with Gasteiger partial charge < -0.3 is 14.6 Å². The summed E-state index contributed by atoms with van der Waals surface area (Å²) in [6.45, 7) is 5.78. The number of carbonyl (C=O) groups is 1. The van der Waals surface area contributed by atoms with E-state index in [9.17, 15) is 4.79 Å². The smallest absolute Gasteiger partial charge is 0.329 e. The molecule has 4 nitrogen and oxygen atoms in total. The monoisotopic (exact) mass is 240 g/mol. The van der Waals surface area contributed by atoms with E-state index in [0.717, 1.165) is 18.8 Å². The lowest BCUT2D eigenvalue weighted by atomic mass is 10.2. The second kappa shape index (κ2) is 11.1. The minimum absolute atomic E-state index is 0.241. The molecule has 0 atom stereocenters. The third-order valence-corrected chi connectivity index (χ3v) is 1.75. The van der Waals surface area contributed by atoms with E-state index in [-0.39, 0.29) is 6.61 Å². The van der Waals surface area contributed by atoms with Gasteiger partial charge in [0.05, 0.1) is 6.61 Å². The molecule has 0 radical (unpaired) electrons. The summed E-state index contributed by atoms with van der Waals surface area (Å²) in [6, 6.07) is 9.46. The van der Waals surface area contributed by atoms with Crippen molar-refractivity contribution in [3.63, 3.8) is 0 Å². The van der Waals surface area contributed by atoms with Crippen LogP contribution in [0, 0.1) is 0 Å². The first-order chi connectivity index (χ1) is 8.20. The number of hydrogen-bond donors (Lipinski definition) is 1. The van der Waals surface area contributed by atoms with E-state index in [1.54, 1.807) is 0 Å². The molecule has 0 unspecified atom stereocenters. The fourth-order valence-electron chi connectivity index (χ4n) is 1.03. The second-order valence-corrected chi connectivity index (χ2v) is 3.15. The minimum Gasteiger partial charge on any atom is -0.480 e. The molecule has 0 saturated heterocycles. The van der Waals surface area contributed by atoms with Crippen molar-refractivity contribution >= 4 is 5.97 Å². The zero-order valence-electron chi connectivity index (χ0n) is 10.4. The quantitative estimate of drug-likeness (QED) is 0.829. The highest BCUT2D eigenvalue weighted by Gasteiger charge is 1.96. The Labute approximate surface area is 102 Å². The van der Waals surface area contributed by atoms with Gasteiger partial charge in [0, 0.05) is 13.2 Å². The molecule has 0 saturated carbocycles. The molecule has 0 aliphatic heterocycles. The average molecular weight is 240 g/mol. The molecule has 4 heteroatoms. The number of aliphatic carboxylic acids is 1. The van der Waals surface area contributed by atoms with Crippen LogP contribution in [0.15, 0.2) is 30.3 Å². The number of benzene rings is 1. The van der Waals surface area contributed by atoms with Crippen LogP contribution in [-0.2, 0) is 20.9 Å². The highest BCUT2D eigenvalue weighted by atomic mass is 16.5. The van der Waals surface area contributed by atoms with Gasteiger partial charge in [-0.3, -0.25) is 0 Å². The van der Waals surface area contributed by atoms with Crippen molar-refractivity contribution in [1.82, 2.24) is 0 Å². The first-order valence-corrected chi connectivity index (χ1v) is 5.61. The van der Waals surface area contributed by atoms with Gasteiger partial charge in [0.2, 0.25) is 0 Å². The van der Waals surface area contributed by atoms with Crippen molar-refractivity contribution in [1.29, 1.82) is 0 Å². The lowest BCUT2D eigenvalue weighted by Gasteiger charge is -1.99. The van der Waals surface area contributed by atoms with Crippen LogP contribution in [0.1, 0.15) is 19.4 Å². The van der Waals surface area contributed by atoms with Crippen molar-refractivity contribution < 1.29 is 19.4 Å². The molecule has 0 bridgehead atoms. The SMILES string of the molecule is CCOCC.O=C(O)COCc1ccccc1. The lowest BCUT2D eigenvalue weighted by Crippen LogP contribution is -2.06. The van der Waals surface area contributed by atoms with Crippen LogP contribution in [0.2, 0.25) is 0 Å². The van der Waals surface area contributed by atoms with Crippen molar-refractivity contribution in [3.05, 3.63) is 35.9 Å². The molecule has 1 rings (SSSR count). The Morgan fingerprint density at radius 1 is 1.12 bits per heavy atom. The van der Waals surface area contributed by atoms with Gasteiger partial charge in [0.1, 0.15) is 6.61 Å². The Kier molecular flexibility index (Phi) is 10.2. The van der Waals surface area contributed by atoms with Crippen molar-refractivity contribution in [2.24, 2.45) is 0 Å². The van der Waals surface area contributed by atoms with Crippen LogP contribution in [0.3, 0.4) is 0 Å². The molecule has 1 aromatic rings. The Morgan fingerprint density at radius 3 is 2.12 bits per heavy atom. The first kappa shape index (κ1) is 15.6. The summed E-state index contributed by atoms with van der Waals surface area (Å²) in [7, 11) is 0. The van der Waals surface area contributed by atoms with E-state index in [4.69, 9.17) is 14.6 Å². The summed E-state index contributed by atoms with van der Waals surface area (Å²) < 4.78 is 9.71. The molecular formula is C13H20O4. The highest BCUT2D eigenvalue weighted by molar-refractivity contribution is 5.67. The van der Waals surface area contributed by atoms with Crippen LogP contribution in [0.4, 0.5) is 0 Å². The lowest BCUT2D eigenvalue weighted by molar-refractivity contribution is -0.142. The van der Waals surface area contributed by atoms with E-state index < -0.39 is 5.97 Å². The maximum Gasteiger partial charge on any atom is 0.329 e. The standard InChI is InChI=1S/C9H10O3.C4H10O/c10-9(11)7-12-6-8-4-2-1-3-5-8;1-3-5-4-2/h1-5H,6-7H2,(H,10,11);3-4H2,1-2H3. The molecule has 1 aromatic carbocycles. The normalized spacial score (nSPS) is 9.29. The molecule has 0 amide bonds. The molecule has 0 aliphatic rings. The van der Waals surface area contributed by atoms with Gasteiger partial charge in [-0.05, 0) is 19.4 Å². The zero-order chi connectivity index (χ0) is 12.9. The topological polar surface area (TPSA) is 55.8 Å². The Hall–Kier alpha value is -1.39. The van der Waals surface area contributed by atoms with Gasteiger partial charge in [-0.2, -0.15) is 0 Å². The zero-order valence-corrected chi connectivity index (χ0v) is 10.4. The Bertz CT molecular complexity index is 283. The predicted molar refractivity (Wildman–Crippen MR) is 65.9 cm³/mol.